The summed E-state index contributed by atoms with van der Waals surface area (Å²) in [6.07, 6.45) is 9.16. The Morgan fingerprint density at radius 3 is 2.62 bits per heavy atom. The van der Waals surface area contributed by atoms with Crippen molar-refractivity contribution in [1.29, 1.82) is 0 Å². The average Bonchev–Trinajstić information content (AvgIpc) is 2.30. The molecule has 0 aromatic heterocycles. The van der Waals surface area contributed by atoms with Crippen LogP contribution in [0.3, 0.4) is 0 Å². The summed E-state index contributed by atoms with van der Waals surface area (Å²) in [6, 6.07) is 0. The highest BCUT2D eigenvalue weighted by molar-refractivity contribution is 5.82. The molecule has 1 amide bonds. The molecule has 1 fully saturated rings. The number of carbonyl (C=O) groups is 1. The maximum absolute atomic E-state index is 12.4. The Bertz CT molecular complexity index is 269. The molecule has 16 heavy (non-hydrogen) atoms. The molecule has 0 aromatic rings. The van der Waals surface area contributed by atoms with Crippen molar-refractivity contribution in [2.45, 2.75) is 32.6 Å². The molecule has 3 nitrogen and oxygen atoms in total. The van der Waals surface area contributed by atoms with Crippen LogP contribution in [0.5, 0.6) is 0 Å². The first-order valence-electron chi connectivity index (χ1n) is 6.06. The van der Waals surface area contributed by atoms with Crippen LogP contribution >= 0.6 is 0 Å². The molecular weight excluding hydrogens is 200 g/mol. The highest BCUT2D eigenvalue weighted by Crippen LogP contribution is 2.35. The van der Waals surface area contributed by atoms with E-state index in [0.717, 1.165) is 38.8 Å². The second kappa shape index (κ2) is 5.91. The molecule has 0 saturated carbocycles. The van der Waals surface area contributed by atoms with E-state index in [9.17, 15) is 4.79 Å². The van der Waals surface area contributed by atoms with Gasteiger partial charge in [0.15, 0.2) is 0 Å². The molecule has 1 rings (SSSR count). The zero-order chi connectivity index (χ0) is 12.0. The largest absolute Gasteiger partial charge is 0.334 e. The Hall–Kier alpha value is -1.01. The lowest BCUT2D eigenvalue weighted by atomic mass is 9.74. The standard InChI is InChI=1S/C13H22N2O/c1-4-6-13(7-9-14-10-8-13)12(16)15(3)11-5-2/h2,14H,4,6-11H2,1,3H3. The molecule has 1 aliphatic heterocycles. The normalized spacial score (nSPS) is 18.8. The summed E-state index contributed by atoms with van der Waals surface area (Å²) < 4.78 is 0. The lowest BCUT2D eigenvalue weighted by Crippen LogP contribution is -2.48. The summed E-state index contributed by atoms with van der Waals surface area (Å²) in [6.45, 7) is 4.43. The van der Waals surface area contributed by atoms with Crippen LogP contribution in [0, 0.1) is 17.8 Å². The number of terminal acetylenes is 1. The van der Waals surface area contributed by atoms with Crippen molar-refractivity contribution in [3.05, 3.63) is 0 Å². The van der Waals surface area contributed by atoms with Crippen molar-refractivity contribution in [3.8, 4) is 12.3 Å². The van der Waals surface area contributed by atoms with E-state index in [1.54, 1.807) is 4.90 Å². The summed E-state index contributed by atoms with van der Waals surface area (Å²) >= 11 is 0. The Balaban J connectivity index is 2.75. The molecule has 0 spiro atoms. The molecule has 0 radical (unpaired) electrons. The van der Waals surface area contributed by atoms with Gasteiger partial charge in [0.05, 0.1) is 12.0 Å². The van der Waals surface area contributed by atoms with E-state index >= 15 is 0 Å². The summed E-state index contributed by atoms with van der Waals surface area (Å²) in [4.78, 5) is 14.1. The first-order valence-corrected chi connectivity index (χ1v) is 6.06. The van der Waals surface area contributed by atoms with E-state index in [1.807, 2.05) is 7.05 Å². The molecule has 3 heteroatoms. The highest BCUT2D eigenvalue weighted by Gasteiger charge is 2.39. The molecule has 1 aliphatic rings. The van der Waals surface area contributed by atoms with Crippen LogP contribution in [0.25, 0.3) is 0 Å². The van der Waals surface area contributed by atoms with Crippen molar-refractivity contribution < 1.29 is 4.79 Å². The third-order valence-electron chi connectivity index (χ3n) is 3.42. The second-order valence-corrected chi connectivity index (χ2v) is 4.65. The first kappa shape index (κ1) is 13.1. The smallest absolute Gasteiger partial charge is 0.229 e. The van der Waals surface area contributed by atoms with E-state index in [-0.39, 0.29) is 11.3 Å². The van der Waals surface area contributed by atoms with Crippen LogP contribution in [0.4, 0.5) is 0 Å². The minimum Gasteiger partial charge on any atom is -0.334 e. The molecule has 1 saturated heterocycles. The van der Waals surface area contributed by atoms with Gasteiger partial charge in [0.1, 0.15) is 0 Å². The third kappa shape index (κ3) is 2.76. The predicted octanol–water partition coefficient (Wildman–Crippen LogP) is 1.25. The number of nitrogens with one attached hydrogen (secondary N) is 1. The van der Waals surface area contributed by atoms with Crippen LogP contribution in [-0.4, -0.2) is 37.5 Å². The van der Waals surface area contributed by atoms with E-state index in [2.05, 4.69) is 18.2 Å². The predicted molar refractivity (Wildman–Crippen MR) is 65.9 cm³/mol. The minimum absolute atomic E-state index is 0.161. The molecule has 0 atom stereocenters. The van der Waals surface area contributed by atoms with Gasteiger partial charge in [0, 0.05) is 7.05 Å². The number of carbonyl (C=O) groups excluding carboxylic acids is 1. The van der Waals surface area contributed by atoms with E-state index in [0.29, 0.717) is 6.54 Å². The molecule has 1 N–H and O–H groups in total. The zero-order valence-corrected chi connectivity index (χ0v) is 10.4. The minimum atomic E-state index is -0.161. The van der Waals surface area contributed by atoms with E-state index < -0.39 is 0 Å². The van der Waals surface area contributed by atoms with Gasteiger partial charge in [-0.05, 0) is 32.4 Å². The van der Waals surface area contributed by atoms with Crippen LogP contribution in [0.2, 0.25) is 0 Å². The van der Waals surface area contributed by atoms with Crippen molar-refractivity contribution in [2.75, 3.05) is 26.7 Å². The van der Waals surface area contributed by atoms with Crippen molar-refractivity contribution >= 4 is 5.91 Å². The fourth-order valence-corrected chi connectivity index (χ4v) is 2.57. The first-order chi connectivity index (χ1) is 7.66. The second-order valence-electron chi connectivity index (χ2n) is 4.65. The van der Waals surface area contributed by atoms with Crippen LogP contribution < -0.4 is 5.32 Å². The van der Waals surface area contributed by atoms with Gasteiger partial charge in [-0.25, -0.2) is 0 Å². The SMILES string of the molecule is C#CCN(C)C(=O)C1(CCC)CCNCC1. The molecule has 90 valence electrons. The maximum atomic E-state index is 12.4. The van der Waals surface area contributed by atoms with Crippen molar-refractivity contribution in [3.63, 3.8) is 0 Å². The number of hydrogen-bond donors (Lipinski definition) is 1. The summed E-state index contributed by atoms with van der Waals surface area (Å²) in [5.41, 5.74) is -0.161. The summed E-state index contributed by atoms with van der Waals surface area (Å²) in [7, 11) is 1.81. The Morgan fingerprint density at radius 2 is 2.12 bits per heavy atom. The maximum Gasteiger partial charge on any atom is 0.229 e. The molecule has 1 heterocycles. The van der Waals surface area contributed by atoms with Gasteiger partial charge >= 0.3 is 0 Å². The Morgan fingerprint density at radius 1 is 1.50 bits per heavy atom. The average molecular weight is 222 g/mol. The molecular formula is C13H22N2O. The van der Waals surface area contributed by atoms with Gasteiger partial charge in [-0.3, -0.25) is 4.79 Å². The topological polar surface area (TPSA) is 32.3 Å². The number of nitrogens with zero attached hydrogens (tertiary/aromatic N) is 1. The van der Waals surface area contributed by atoms with Gasteiger partial charge in [-0.15, -0.1) is 6.42 Å². The highest BCUT2D eigenvalue weighted by atomic mass is 16.2. The van der Waals surface area contributed by atoms with Gasteiger partial charge in [-0.1, -0.05) is 19.3 Å². The van der Waals surface area contributed by atoms with Crippen molar-refractivity contribution in [2.24, 2.45) is 5.41 Å². The number of hydrogen-bond acceptors (Lipinski definition) is 2. The zero-order valence-electron chi connectivity index (χ0n) is 10.4. The lowest BCUT2D eigenvalue weighted by molar-refractivity contribution is -0.142. The number of rotatable bonds is 4. The van der Waals surface area contributed by atoms with Crippen LogP contribution in [0.15, 0.2) is 0 Å². The molecule has 0 aliphatic carbocycles. The Kier molecular flexibility index (Phi) is 4.82. The van der Waals surface area contributed by atoms with Crippen LogP contribution in [0.1, 0.15) is 32.6 Å². The monoisotopic (exact) mass is 222 g/mol. The molecule has 0 aromatic carbocycles. The fourth-order valence-electron chi connectivity index (χ4n) is 2.57. The van der Waals surface area contributed by atoms with Gasteiger partial charge in [0.2, 0.25) is 5.91 Å². The van der Waals surface area contributed by atoms with E-state index in [1.165, 1.54) is 0 Å². The van der Waals surface area contributed by atoms with Crippen LogP contribution in [-0.2, 0) is 4.79 Å². The van der Waals surface area contributed by atoms with Gasteiger partial charge in [-0.2, -0.15) is 0 Å². The molecule has 0 unspecified atom stereocenters. The van der Waals surface area contributed by atoms with Gasteiger partial charge in [0.25, 0.3) is 0 Å². The van der Waals surface area contributed by atoms with E-state index in [4.69, 9.17) is 6.42 Å². The van der Waals surface area contributed by atoms with Crippen molar-refractivity contribution in [1.82, 2.24) is 10.2 Å². The fraction of sp³-hybridized carbons (Fsp3) is 0.769. The quantitative estimate of drug-likeness (QED) is 0.726. The number of piperidine rings is 1. The third-order valence-corrected chi connectivity index (χ3v) is 3.42. The van der Waals surface area contributed by atoms with Gasteiger partial charge < -0.3 is 10.2 Å². The lowest BCUT2D eigenvalue weighted by Gasteiger charge is -2.38. The summed E-state index contributed by atoms with van der Waals surface area (Å²) in [5.74, 6) is 2.77. The molecule has 0 bridgehead atoms. The number of amides is 1. The Labute approximate surface area is 98.6 Å². The summed E-state index contributed by atoms with van der Waals surface area (Å²) in [5, 5.41) is 3.31.